The topological polar surface area (TPSA) is 203 Å². The second-order valence-corrected chi connectivity index (χ2v) is 20.8. The minimum absolute atomic E-state index is 0.0299. The van der Waals surface area contributed by atoms with E-state index in [1.807, 2.05) is 0 Å². The van der Waals surface area contributed by atoms with Gasteiger partial charge in [0.15, 0.2) is 12.4 Å². The number of aliphatic carboxylic acids is 2. The maximum atomic E-state index is 13.1. The summed E-state index contributed by atoms with van der Waals surface area (Å²) in [4.78, 5) is 25.6. The van der Waals surface area contributed by atoms with Gasteiger partial charge < -0.3 is 50.0 Å². The summed E-state index contributed by atoms with van der Waals surface area (Å²) in [5, 5.41) is 75.3. The molecule has 306 valence electrons. The molecule has 7 N–H and O–H groups in total. The molecule has 2 saturated heterocycles. The molecular formula is C42H66O12. The lowest BCUT2D eigenvalue weighted by Crippen LogP contribution is -2.68. The summed E-state index contributed by atoms with van der Waals surface area (Å²) in [6, 6.07) is 0. The van der Waals surface area contributed by atoms with Crippen molar-refractivity contribution in [3.63, 3.8) is 0 Å². The van der Waals surface area contributed by atoms with E-state index in [1.165, 1.54) is 12.5 Å². The molecule has 0 spiro atoms. The Morgan fingerprint density at radius 2 is 1.43 bits per heavy atom. The number of rotatable bonds is 5. The van der Waals surface area contributed by atoms with Gasteiger partial charge in [0.05, 0.1) is 17.6 Å². The zero-order valence-corrected chi connectivity index (χ0v) is 33.4. The monoisotopic (exact) mass is 762 g/mol. The number of aliphatic hydroxyl groups excluding tert-OH is 5. The fraction of sp³-hybridized carbons (Fsp3) is 0.905. The number of carbonyl (C=O) groups is 2. The molecule has 12 nitrogen and oxygen atoms in total. The van der Waals surface area contributed by atoms with Crippen molar-refractivity contribution in [1.82, 2.24) is 0 Å². The summed E-state index contributed by atoms with van der Waals surface area (Å²) in [5.41, 5.74) is 0.0517. The number of carboxylic acid groups (broad SMARTS) is 2. The van der Waals surface area contributed by atoms with Crippen LogP contribution in [0, 0.1) is 56.2 Å². The molecule has 0 aromatic carbocycles. The van der Waals surface area contributed by atoms with Crippen LogP contribution in [0.2, 0.25) is 0 Å². The molecule has 0 amide bonds. The molecule has 18 atom stereocenters. The van der Waals surface area contributed by atoms with Crippen LogP contribution in [0.1, 0.15) is 120 Å². The van der Waals surface area contributed by atoms with Crippen LogP contribution in [-0.2, 0) is 23.8 Å². The molecule has 2 heterocycles. The van der Waals surface area contributed by atoms with Gasteiger partial charge in [0.25, 0.3) is 0 Å². The van der Waals surface area contributed by atoms with Crippen molar-refractivity contribution >= 4 is 11.9 Å². The molecule has 2 aliphatic heterocycles. The lowest BCUT2D eigenvalue weighted by molar-refractivity contribution is -0.340. The Balaban J connectivity index is 1.18. The first kappa shape index (κ1) is 40.6. The number of fused-ring (bicyclic) bond motifs is 7. The van der Waals surface area contributed by atoms with Crippen molar-refractivity contribution in [2.24, 2.45) is 56.2 Å². The average Bonchev–Trinajstić information content (AvgIpc) is 3.08. The predicted molar refractivity (Wildman–Crippen MR) is 196 cm³/mol. The van der Waals surface area contributed by atoms with Crippen LogP contribution >= 0.6 is 0 Å². The Morgan fingerprint density at radius 1 is 0.759 bits per heavy atom. The first-order chi connectivity index (χ1) is 25.0. The van der Waals surface area contributed by atoms with Crippen molar-refractivity contribution in [2.45, 2.75) is 181 Å². The summed E-state index contributed by atoms with van der Waals surface area (Å²) in [6.07, 6.45) is -3.91. The van der Waals surface area contributed by atoms with E-state index >= 15 is 0 Å². The standard InChI is InChI=1S/C42H66O12/c1-20-26(43)27(44)28(45)35(52-20)54-32-29(46)31(53-33(30(32)47)34(48)49)22-11-13-39(6)24(38(22,4)5)12-14-41(8)25(39)10-9-21-23-19-37(2,3)15-17-42(23,36(50)51)18-16-40(21,41)7/h9,20,22-33,35,43-47H,10-19H2,1-8H3,(H,48,49)(H,50,51)/t20-,22-,23+,24?,25-,26-,27+,28-,29+,30+,31+,32-,33+,35+,39+,40-,41-,42+/m1/s1. The maximum Gasteiger partial charge on any atom is 0.335 e. The maximum absolute atomic E-state index is 13.1. The third-order valence-electron chi connectivity index (χ3n) is 17.5. The van der Waals surface area contributed by atoms with Gasteiger partial charge in [0.1, 0.15) is 36.6 Å². The van der Waals surface area contributed by atoms with E-state index in [0.717, 1.165) is 51.4 Å². The predicted octanol–water partition coefficient (Wildman–Crippen LogP) is 4.28. The van der Waals surface area contributed by atoms with Gasteiger partial charge in [0, 0.05) is 0 Å². The van der Waals surface area contributed by atoms with Gasteiger partial charge in [0.2, 0.25) is 0 Å². The van der Waals surface area contributed by atoms with Crippen LogP contribution in [0.25, 0.3) is 0 Å². The lowest BCUT2D eigenvalue weighted by atomic mass is 9.33. The summed E-state index contributed by atoms with van der Waals surface area (Å²) >= 11 is 0. The first-order valence-corrected chi connectivity index (χ1v) is 20.5. The zero-order chi connectivity index (χ0) is 39.7. The van der Waals surface area contributed by atoms with Crippen LogP contribution in [0.3, 0.4) is 0 Å². The van der Waals surface area contributed by atoms with Gasteiger partial charge in [-0.15, -0.1) is 0 Å². The second kappa shape index (κ2) is 13.2. The number of aliphatic hydroxyl groups is 5. The van der Waals surface area contributed by atoms with Crippen molar-refractivity contribution in [3.8, 4) is 0 Å². The van der Waals surface area contributed by atoms with Crippen LogP contribution in [0.5, 0.6) is 0 Å². The van der Waals surface area contributed by atoms with Gasteiger partial charge in [-0.05, 0) is 122 Å². The number of hydrogen-bond acceptors (Lipinski definition) is 10. The summed E-state index contributed by atoms with van der Waals surface area (Å²) < 4.78 is 17.7. The van der Waals surface area contributed by atoms with E-state index < -0.39 is 84.0 Å². The van der Waals surface area contributed by atoms with E-state index in [9.17, 15) is 45.3 Å². The highest BCUT2D eigenvalue weighted by molar-refractivity contribution is 5.76. The lowest BCUT2D eigenvalue weighted by Gasteiger charge is -2.71. The molecule has 7 aliphatic rings. The Hall–Kier alpha value is -1.64. The number of allylic oxidation sites excluding steroid dienone is 2. The highest BCUT2D eigenvalue weighted by atomic mass is 16.7. The Kier molecular flexibility index (Phi) is 9.91. The molecule has 1 unspecified atom stereocenters. The van der Waals surface area contributed by atoms with Gasteiger partial charge in [-0.1, -0.05) is 60.1 Å². The Labute approximate surface area is 319 Å². The fourth-order valence-electron chi connectivity index (χ4n) is 14.1. The number of ether oxygens (including phenoxy) is 3. The molecule has 0 radical (unpaired) electrons. The van der Waals surface area contributed by atoms with Gasteiger partial charge >= 0.3 is 11.9 Å². The van der Waals surface area contributed by atoms with Crippen LogP contribution in [0.4, 0.5) is 0 Å². The summed E-state index contributed by atoms with van der Waals surface area (Å²) in [7, 11) is 0. The molecule has 0 bridgehead atoms. The first-order valence-electron chi connectivity index (χ1n) is 20.5. The van der Waals surface area contributed by atoms with Crippen molar-refractivity contribution < 1.29 is 59.5 Å². The van der Waals surface area contributed by atoms with Gasteiger partial charge in [-0.2, -0.15) is 0 Å². The van der Waals surface area contributed by atoms with E-state index in [4.69, 9.17) is 14.2 Å². The largest absolute Gasteiger partial charge is 0.481 e. The molecule has 12 heteroatoms. The van der Waals surface area contributed by atoms with E-state index in [2.05, 4.69) is 54.5 Å². The van der Waals surface area contributed by atoms with Crippen molar-refractivity contribution in [3.05, 3.63) is 11.6 Å². The van der Waals surface area contributed by atoms with Gasteiger partial charge in [-0.25, -0.2) is 4.79 Å². The van der Waals surface area contributed by atoms with E-state index in [1.54, 1.807) is 0 Å². The van der Waals surface area contributed by atoms with E-state index in [-0.39, 0.29) is 39.4 Å². The Morgan fingerprint density at radius 3 is 2.07 bits per heavy atom. The smallest absolute Gasteiger partial charge is 0.335 e. The highest BCUT2D eigenvalue weighted by Gasteiger charge is 2.70. The van der Waals surface area contributed by atoms with Crippen LogP contribution < -0.4 is 0 Å². The summed E-state index contributed by atoms with van der Waals surface area (Å²) in [6.45, 7) is 17.8. The molecular weight excluding hydrogens is 696 g/mol. The normalized spacial score (nSPS) is 53.8. The van der Waals surface area contributed by atoms with Crippen LogP contribution in [-0.4, -0.2) is 109 Å². The third-order valence-corrected chi connectivity index (χ3v) is 17.5. The van der Waals surface area contributed by atoms with E-state index in [0.29, 0.717) is 18.8 Å². The molecule has 5 aliphatic carbocycles. The zero-order valence-electron chi connectivity index (χ0n) is 33.4. The average molecular weight is 763 g/mol. The minimum Gasteiger partial charge on any atom is -0.481 e. The third kappa shape index (κ3) is 5.65. The minimum atomic E-state index is -1.80. The summed E-state index contributed by atoms with van der Waals surface area (Å²) in [5.74, 6) is -1.79. The quantitative estimate of drug-likeness (QED) is 0.196. The highest BCUT2D eigenvalue weighted by Crippen LogP contribution is 2.76. The molecule has 6 fully saturated rings. The number of carboxylic acids is 2. The molecule has 7 rings (SSSR count). The Bertz CT molecular complexity index is 1530. The van der Waals surface area contributed by atoms with Crippen molar-refractivity contribution in [2.75, 3.05) is 0 Å². The molecule has 4 saturated carbocycles. The molecule has 0 aromatic rings. The fourth-order valence-corrected chi connectivity index (χ4v) is 14.1. The number of hydrogen-bond donors (Lipinski definition) is 7. The molecule has 0 aromatic heterocycles. The SMILES string of the molecule is C[C@H]1O[C@@H](O[C@@H]2[C@@H](O)[C@H]([C@H]3CC[C@@]4(C)C(CC[C@]5(C)[C@@H]4CC=C4[C@@H]6CC(C)(C)CC[C@]6(C(=O)O)CC[C@]45C)C3(C)C)O[C@H](C(=O)O)[C@H]2O)[C@H](O)[C@@H](O)[C@@H]1O. The van der Waals surface area contributed by atoms with Crippen LogP contribution in [0.15, 0.2) is 11.6 Å². The van der Waals surface area contributed by atoms with Crippen molar-refractivity contribution in [1.29, 1.82) is 0 Å². The molecule has 54 heavy (non-hydrogen) atoms. The van der Waals surface area contributed by atoms with Gasteiger partial charge in [-0.3, -0.25) is 4.79 Å². The second-order valence-electron chi connectivity index (χ2n) is 20.8.